The second-order valence-electron chi connectivity index (χ2n) is 6.19. The molecule has 1 fully saturated rings. The smallest absolute Gasteiger partial charge is 0.179 e. The Morgan fingerprint density at radius 1 is 1.04 bits per heavy atom. The van der Waals surface area contributed by atoms with Gasteiger partial charge in [-0.05, 0) is 30.0 Å². The van der Waals surface area contributed by atoms with Crippen molar-refractivity contribution in [2.24, 2.45) is 0 Å². The minimum absolute atomic E-state index is 0. The Morgan fingerprint density at radius 2 is 1.81 bits per heavy atom. The number of rotatable bonds is 5. The lowest BCUT2D eigenvalue weighted by Crippen LogP contribution is -2.47. The zero-order chi connectivity index (χ0) is 17.1. The predicted octanol–water partition coefficient (Wildman–Crippen LogP) is 5.26. The molecule has 1 aliphatic rings. The Kier molecular flexibility index (Phi) is 8.45. The van der Waals surface area contributed by atoms with Crippen LogP contribution in [0.4, 0.5) is 5.69 Å². The maximum absolute atomic E-state index is 6.32. The summed E-state index contributed by atoms with van der Waals surface area (Å²) in [5.41, 5.74) is 2.33. The first-order valence-corrected chi connectivity index (χ1v) is 9.76. The molecule has 1 saturated heterocycles. The normalized spacial score (nSPS) is 14.5. The number of anilines is 1. The minimum Gasteiger partial charge on any atom is -0.368 e. The molecule has 1 aliphatic heterocycles. The van der Waals surface area contributed by atoms with Gasteiger partial charge in [-0.2, -0.15) is 0 Å². The number of para-hydroxylation sites is 1. The van der Waals surface area contributed by atoms with Gasteiger partial charge in [0.1, 0.15) is 0 Å². The van der Waals surface area contributed by atoms with E-state index >= 15 is 0 Å². The van der Waals surface area contributed by atoms with Crippen LogP contribution in [0.5, 0.6) is 0 Å². The highest BCUT2D eigenvalue weighted by Crippen LogP contribution is 2.29. The molecule has 0 unspecified atom stereocenters. The zero-order valence-corrected chi connectivity index (χ0v) is 17.9. The molecule has 0 radical (unpaired) electrons. The van der Waals surface area contributed by atoms with E-state index in [1.165, 1.54) is 5.56 Å². The number of aromatic nitrogens is 1. The molecule has 0 spiro atoms. The molecule has 3 aromatic rings. The molecule has 0 saturated carbocycles. The van der Waals surface area contributed by atoms with Crippen LogP contribution in [-0.2, 0) is 6.42 Å². The van der Waals surface area contributed by atoms with Crippen molar-refractivity contribution in [3.8, 4) is 10.6 Å². The van der Waals surface area contributed by atoms with Crippen molar-refractivity contribution >= 4 is 53.4 Å². The second-order valence-corrected chi connectivity index (χ2v) is 7.54. The van der Waals surface area contributed by atoms with Gasteiger partial charge in [0, 0.05) is 38.3 Å². The lowest BCUT2D eigenvalue weighted by Gasteiger charge is -2.36. The van der Waals surface area contributed by atoms with Crippen molar-refractivity contribution < 1.29 is 4.52 Å². The molecule has 0 aliphatic carbocycles. The largest absolute Gasteiger partial charge is 0.368 e. The van der Waals surface area contributed by atoms with Gasteiger partial charge in [-0.25, -0.2) is 0 Å². The molecule has 0 N–H and O–H groups in total. The Hall–Kier alpha value is -1.24. The third kappa shape index (κ3) is 5.18. The highest BCUT2D eigenvalue weighted by atomic mass is 35.5. The van der Waals surface area contributed by atoms with Gasteiger partial charge in [-0.15, -0.1) is 36.2 Å². The first-order chi connectivity index (χ1) is 12.3. The summed E-state index contributed by atoms with van der Waals surface area (Å²) in [6.45, 7) is 5.13. The molecule has 0 atom stereocenters. The molecule has 27 heavy (non-hydrogen) atoms. The van der Waals surface area contributed by atoms with Gasteiger partial charge in [0.2, 0.25) is 0 Å². The number of halogens is 3. The van der Waals surface area contributed by atoms with Crippen LogP contribution in [0.15, 0.2) is 52.5 Å². The van der Waals surface area contributed by atoms with E-state index in [4.69, 9.17) is 16.1 Å². The molecule has 146 valence electrons. The van der Waals surface area contributed by atoms with Gasteiger partial charge in [0.25, 0.3) is 0 Å². The molecule has 4 rings (SSSR count). The second kappa shape index (κ2) is 10.3. The number of thiophene rings is 1. The first-order valence-electron chi connectivity index (χ1n) is 8.50. The van der Waals surface area contributed by atoms with Crippen LogP contribution in [0, 0.1) is 0 Å². The van der Waals surface area contributed by atoms with Crippen molar-refractivity contribution in [3.63, 3.8) is 0 Å². The van der Waals surface area contributed by atoms with Gasteiger partial charge in [0.05, 0.1) is 21.8 Å². The number of hydrogen-bond acceptors (Lipinski definition) is 5. The molecular weight excluding hydrogens is 425 g/mol. The fourth-order valence-electron chi connectivity index (χ4n) is 3.25. The highest BCUT2D eigenvalue weighted by molar-refractivity contribution is 7.13. The molecule has 3 heterocycles. The van der Waals surface area contributed by atoms with Crippen molar-refractivity contribution in [3.05, 3.63) is 58.6 Å². The lowest BCUT2D eigenvalue weighted by atomic mass is 10.1. The minimum atomic E-state index is 0. The molecule has 2 aromatic heterocycles. The van der Waals surface area contributed by atoms with Gasteiger partial charge >= 0.3 is 0 Å². The summed E-state index contributed by atoms with van der Waals surface area (Å²) in [6.07, 6.45) is 2.82. The fraction of sp³-hybridized carbons (Fsp3) is 0.316. The number of benzene rings is 1. The van der Waals surface area contributed by atoms with Crippen LogP contribution in [0.1, 0.15) is 5.56 Å². The van der Waals surface area contributed by atoms with Crippen LogP contribution < -0.4 is 4.90 Å². The van der Waals surface area contributed by atoms with Crippen LogP contribution in [0.2, 0.25) is 5.02 Å². The Labute approximate surface area is 180 Å². The van der Waals surface area contributed by atoms with Gasteiger partial charge in [-0.1, -0.05) is 35.0 Å². The summed E-state index contributed by atoms with van der Waals surface area (Å²) < 4.78 is 5.46. The van der Waals surface area contributed by atoms with Crippen molar-refractivity contribution in [2.75, 3.05) is 37.6 Å². The number of piperazine rings is 1. The standard InChI is InChI=1S/C19H20ClN3OS.2ClH/c20-16-4-1-2-5-17(16)23-11-9-22(10-12-23)8-7-15-14-21-24-19(15)18-6-3-13-25-18;;/h1-6,13-14H,7-12H2;2*1H. The summed E-state index contributed by atoms with van der Waals surface area (Å²) in [6, 6.07) is 12.2. The zero-order valence-electron chi connectivity index (χ0n) is 14.7. The Morgan fingerprint density at radius 3 is 2.52 bits per heavy atom. The third-order valence-electron chi connectivity index (χ3n) is 4.65. The number of hydrogen-bond donors (Lipinski definition) is 0. The Bertz CT molecular complexity index is 817. The van der Waals surface area contributed by atoms with E-state index in [2.05, 4.69) is 32.5 Å². The van der Waals surface area contributed by atoms with Crippen molar-refractivity contribution in [1.82, 2.24) is 10.1 Å². The van der Waals surface area contributed by atoms with Gasteiger partial charge in [0.15, 0.2) is 5.76 Å². The summed E-state index contributed by atoms with van der Waals surface area (Å²) in [5.74, 6) is 0.921. The van der Waals surface area contributed by atoms with Crippen LogP contribution >= 0.6 is 47.8 Å². The van der Waals surface area contributed by atoms with E-state index in [9.17, 15) is 0 Å². The van der Waals surface area contributed by atoms with Gasteiger partial charge < -0.3 is 9.42 Å². The molecule has 1 aromatic carbocycles. The lowest BCUT2D eigenvalue weighted by molar-refractivity contribution is 0.261. The molecular formula is C19H22Cl3N3OS. The average Bonchev–Trinajstić information content (AvgIpc) is 3.32. The SMILES string of the molecule is Cl.Cl.Clc1ccccc1N1CCN(CCc2cnoc2-c2cccs2)CC1. The van der Waals surface area contributed by atoms with Crippen molar-refractivity contribution in [2.45, 2.75) is 6.42 Å². The topological polar surface area (TPSA) is 32.5 Å². The summed E-state index contributed by atoms with van der Waals surface area (Å²) in [7, 11) is 0. The number of nitrogens with zero attached hydrogens (tertiary/aromatic N) is 3. The van der Waals surface area contributed by atoms with E-state index in [0.29, 0.717) is 0 Å². The molecule has 4 nitrogen and oxygen atoms in total. The van der Waals surface area contributed by atoms with Gasteiger partial charge in [-0.3, -0.25) is 4.90 Å². The van der Waals surface area contributed by atoms with E-state index in [1.807, 2.05) is 30.5 Å². The van der Waals surface area contributed by atoms with Crippen LogP contribution in [0.25, 0.3) is 10.6 Å². The highest BCUT2D eigenvalue weighted by Gasteiger charge is 2.19. The third-order valence-corrected chi connectivity index (χ3v) is 5.84. The molecule has 8 heteroatoms. The fourth-order valence-corrected chi connectivity index (χ4v) is 4.24. The van der Waals surface area contributed by atoms with Crippen LogP contribution in [-0.4, -0.2) is 42.8 Å². The quantitative estimate of drug-likeness (QED) is 0.535. The average molecular weight is 447 g/mol. The van der Waals surface area contributed by atoms with Crippen LogP contribution in [0.3, 0.4) is 0 Å². The van der Waals surface area contributed by atoms with E-state index in [1.54, 1.807) is 11.3 Å². The maximum Gasteiger partial charge on any atom is 0.179 e. The predicted molar refractivity (Wildman–Crippen MR) is 118 cm³/mol. The molecule has 0 amide bonds. The van der Waals surface area contributed by atoms with Crippen molar-refractivity contribution in [1.29, 1.82) is 0 Å². The molecule has 0 bridgehead atoms. The summed E-state index contributed by atoms with van der Waals surface area (Å²) in [4.78, 5) is 6.02. The maximum atomic E-state index is 6.32. The Balaban J connectivity index is 0.00000131. The monoisotopic (exact) mass is 445 g/mol. The summed E-state index contributed by atoms with van der Waals surface area (Å²) >= 11 is 8.01. The van der Waals surface area contributed by atoms with E-state index < -0.39 is 0 Å². The van der Waals surface area contributed by atoms with E-state index in [-0.39, 0.29) is 24.8 Å². The first kappa shape index (κ1) is 22.1. The van der Waals surface area contributed by atoms with E-state index in [0.717, 1.165) is 60.5 Å². The summed E-state index contributed by atoms with van der Waals surface area (Å²) in [5, 5.41) is 6.89.